The summed E-state index contributed by atoms with van der Waals surface area (Å²) < 4.78 is 1.91. The largest absolute Gasteiger partial charge is 0.350 e. The number of hydrogen-bond donors (Lipinski definition) is 0. The molecule has 0 saturated heterocycles. The highest BCUT2D eigenvalue weighted by Crippen LogP contribution is 2.21. The third kappa shape index (κ3) is 2.48. The fourth-order valence-electron chi connectivity index (χ4n) is 2.23. The van der Waals surface area contributed by atoms with Crippen LogP contribution in [-0.4, -0.2) is 37.5 Å². The molecule has 0 aliphatic carbocycles. The molecule has 0 aromatic carbocycles. The standard InChI is InChI=1S/C12H18BrN5/c1-3-10(4-2)18(7-5-13)11-12-16-15-9-17(12)8-6-14-11/h6,8-10H,3-5,7H2,1-2H3. The number of nitrogens with zero attached hydrogens (tertiary/aromatic N) is 5. The summed E-state index contributed by atoms with van der Waals surface area (Å²) in [7, 11) is 0. The predicted octanol–water partition coefficient (Wildman–Crippen LogP) is 2.51. The summed E-state index contributed by atoms with van der Waals surface area (Å²) in [6.45, 7) is 5.34. The lowest BCUT2D eigenvalue weighted by Gasteiger charge is -2.30. The average Bonchev–Trinajstić information content (AvgIpc) is 2.87. The van der Waals surface area contributed by atoms with E-state index in [0.717, 1.165) is 36.2 Å². The third-order valence-corrected chi connectivity index (χ3v) is 3.53. The van der Waals surface area contributed by atoms with Crippen molar-refractivity contribution in [2.24, 2.45) is 0 Å². The van der Waals surface area contributed by atoms with Crippen LogP contribution in [0.4, 0.5) is 5.82 Å². The lowest BCUT2D eigenvalue weighted by molar-refractivity contribution is 0.564. The highest BCUT2D eigenvalue weighted by molar-refractivity contribution is 9.09. The zero-order valence-corrected chi connectivity index (χ0v) is 12.3. The second-order valence-electron chi connectivity index (χ2n) is 4.17. The summed E-state index contributed by atoms with van der Waals surface area (Å²) in [4.78, 5) is 6.81. The molecule has 0 fully saturated rings. The Hall–Kier alpha value is -1.17. The number of alkyl halides is 1. The third-order valence-electron chi connectivity index (χ3n) is 3.18. The van der Waals surface area contributed by atoms with Crippen LogP contribution in [0.25, 0.3) is 5.65 Å². The number of anilines is 1. The Kier molecular flexibility index (Phi) is 4.52. The number of hydrogen-bond acceptors (Lipinski definition) is 4. The second-order valence-corrected chi connectivity index (χ2v) is 4.96. The Morgan fingerprint density at radius 3 is 2.83 bits per heavy atom. The van der Waals surface area contributed by atoms with E-state index >= 15 is 0 Å². The molecule has 2 aromatic heterocycles. The van der Waals surface area contributed by atoms with Crippen LogP contribution < -0.4 is 4.90 Å². The minimum Gasteiger partial charge on any atom is -0.350 e. The van der Waals surface area contributed by atoms with Crippen molar-refractivity contribution in [3.63, 3.8) is 0 Å². The van der Waals surface area contributed by atoms with Crippen LogP contribution in [-0.2, 0) is 0 Å². The monoisotopic (exact) mass is 311 g/mol. The van der Waals surface area contributed by atoms with Gasteiger partial charge in [-0.1, -0.05) is 29.8 Å². The quantitative estimate of drug-likeness (QED) is 0.769. The van der Waals surface area contributed by atoms with Gasteiger partial charge in [0, 0.05) is 30.3 Å². The van der Waals surface area contributed by atoms with Gasteiger partial charge in [-0.3, -0.25) is 4.40 Å². The maximum absolute atomic E-state index is 4.50. The summed E-state index contributed by atoms with van der Waals surface area (Å²) in [6.07, 6.45) is 7.58. The molecule has 2 rings (SSSR count). The molecule has 0 spiro atoms. The van der Waals surface area contributed by atoms with Gasteiger partial charge in [-0.05, 0) is 12.8 Å². The van der Waals surface area contributed by atoms with Gasteiger partial charge in [-0.2, -0.15) is 0 Å². The molecule has 5 nitrogen and oxygen atoms in total. The summed E-state index contributed by atoms with van der Waals surface area (Å²) in [6, 6.07) is 0.484. The van der Waals surface area contributed by atoms with Gasteiger partial charge in [0.05, 0.1) is 0 Å². The predicted molar refractivity (Wildman–Crippen MR) is 76.3 cm³/mol. The topological polar surface area (TPSA) is 46.3 Å². The SMILES string of the molecule is CCC(CC)N(CCBr)c1nccn2cnnc12. The Morgan fingerprint density at radius 1 is 1.39 bits per heavy atom. The summed E-state index contributed by atoms with van der Waals surface area (Å²) in [5, 5.41) is 9.03. The van der Waals surface area contributed by atoms with Gasteiger partial charge in [0.25, 0.3) is 0 Å². The highest BCUT2D eigenvalue weighted by atomic mass is 79.9. The van der Waals surface area contributed by atoms with Crippen molar-refractivity contribution in [1.29, 1.82) is 0 Å². The fraction of sp³-hybridized carbons (Fsp3) is 0.583. The van der Waals surface area contributed by atoms with Gasteiger partial charge >= 0.3 is 0 Å². The molecule has 6 heteroatoms. The van der Waals surface area contributed by atoms with E-state index in [1.165, 1.54) is 0 Å². The molecule has 0 unspecified atom stereocenters. The van der Waals surface area contributed by atoms with E-state index in [1.54, 1.807) is 12.5 Å². The molecule has 0 amide bonds. The van der Waals surface area contributed by atoms with Crippen LogP contribution in [0.5, 0.6) is 0 Å². The van der Waals surface area contributed by atoms with Crippen molar-refractivity contribution in [3.05, 3.63) is 18.7 Å². The van der Waals surface area contributed by atoms with Gasteiger partial charge in [-0.25, -0.2) is 4.98 Å². The fourth-order valence-corrected chi connectivity index (χ4v) is 2.61. The summed E-state index contributed by atoms with van der Waals surface area (Å²) in [5.74, 6) is 0.920. The number of fused-ring (bicyclic) bond motifs is 1. The molecular formula is C12H18BrN5. The maximum Gasteiger partial charge on any atom is 0.203 e. The number of aromatic nitrogens is 4. The molecule has 0 bridgehead atoms. The number of rotatable bonds is 6. The van der Waals surface area contributed by atoms with E-state index in [-0.39, 0.29) is 0 Å². The van der Waals surface area contributed by atoms with Crippen LogP contribution in [0.1, 0.15) is 26.7 Å². The van der Waals surface area contributed by atoms with Crippen molar-refractivity contribution in [1.82, 2.24) is 19.6 Å². The molecule has 0 atom stereocenters. The van der Waals surface area contributed by atoms with Crippen molar-refractivity contribution in [2.75, 3.05) is 16.8 Å². The first-order valence-electron chi connectivity index (χ1n) is 6.28. The lowest BCUT2D eigenvalue weighted by atomic mass is 10.1. The first-order chi connectivity index (χ1) is 8.81. The molecule has 98 valence electrons. The lowest BCUT2D eigenvalue weighted by Crippen LogP contribution is -2.37. The normalized spacial score (nSPS) is 11.3. The average molecular weight is 312 g/mol. The Balaban J connectivity index is 2.43. The first kappa shape index (κ1) is 13.3. The van der Waals surface area contributed by atoms with Gasteiger partial charge in [0.15, 0.2) is 5.82 Å². The molecule has 0 aliphatic rings. The minimum absolute atomic E-state index is 0.484. The molecule has 0 N–H and O–H groups in total. The van der Waals surface area contributed by atoms with Crippen LogP contribution in [0.2, 0.25) is 0 Å². The first-order valence-corrected chi connectivity index (χ1v) is 7.40. The molecule has 2 heterocycles. The molecule has 0 saturated carbocycles. The van der Waals surface area contributed by atoms with Crippen LogP contribution in [0.15, 0.2) is 18.7 Å². The van der Waals surface area contributed by atoms with E-state index < -0.39 is 0 Å². The van der Waals surface area contributed by atoms with Crippen molar-refractivity contribution in [2.45, 2.75) is 32.7 Å². The maximum atomic E-state index is 4.50. The van der Waals surface area contributed by atoms with E-state index in [1.807, 2.05) is 10.6 Å². The van der Waals surface area contributed by atoms with Crippen LogP contribution in [0.3, 0.4) is 0 Å². The van der Waals surface area contributed by atoms with Gasteiger partial charge in [0.1, 0.15) is 6.33 Å². The Labute approximate surface area is 115 Å². The van der Waals surface area contributed by atoms with E-state index in [9.17, 15) is 0 Å². The summed E-state index contributed by atoms with van der Waals surface area (Å²) >= 11 is 3.52. The molecule has 18 heavy (non-hydrogen) atoms. The minimum atomic E-state index is 0.484. The van der Waals surface area contributed by atoms with Crippen molar-refractivity contribution in [3.8, 4) is 0 Å². The molecule has 2 aromatic rings. The zero-order valence-electron chi connectivity index (χ0n) is 10.8. The smallest absolute Gasteiger partial charge is 0.203 e. The molecule has 0 radical (unpaired) electrons. The van der Waals surface area contributed by atoms with Crippen LogP contribution >= 0.6 is 15.9 Å². The van der Waals surface area contributed by atoms with Gasteiger partial charge in [0.2, 0.25) is 5.65 Å². The van der Waals surface area contributed by atoms with Crippen molar-refractivity contribution >= 4 is 27.4 Å². The zero-order chi connectivity index (χ0) is 13.0. The highest BCUT2D eigenvalue weighted by Gasteiger charge is 2.19. The Bertz CT molecular complexity index is 494. The molecular weight excluding hydrogens is 294 g/mol. The second kappa shape index (κ2) is 6.13. The van der Waals surface area contributed by atoms with E-state index in [4.69, 9.17) is 0 Å². The Morgan fingerprint density at radius 2 is 2.17 bits per heavy atom. The van der Waals surface area contributed by atoms with Gasteiger partial charge < -0.3 is 4.90 Å². The van der Waals surface area contributed by atoms with E-state index in [2.05, 4.69) is 49.9 Å². The van der Waals surface area contributed by atoms with Crippen LogP contribution in [0, 0.1) is 0 Å². The number of halogens is 1. The van der Waals surface area contributed by atoms with Gasteiger partial charge in [-0.15, -0.1) is 10.2 Å². The van der Waals surface area contributed by atoms with E-state index in [0.29, 0.717) is 6.04 Å². The summed E-state index contributed by atoms with van der Waals surface area (Å²) in [5.41, 5.74) is 0.824. The molecule has 0 aliphatic heterocycles. The van der Waals surface area contributed by atoms with Crippen molar-refractivity contribution < 1.29 is 0 Å².